The lowest BCUT2D eigenvalue weighted by Gasteiger charge is -2.33. The van der Waals surface area contributed by atoms with E-state index in [0.717, 1.165) is 29.9 Å². The number of nitrogens with zero attached hydrogens (tertiary/aromatic N) is 3. The number of aromatic nitrogens is 2. The quantitative estimate of drug-likeness (QED) is 0.924. The van der Waals surface area contributed by atoms with Gasteiger partial charge < -0.3 is 14.8 Å². The molecule has 1 aromatic heterocycles. The van der Waals surface area contributed by atoms with Crippen LogP contribution in [0.3, 0.4) is 0 Å². The van der Waals surface area contributed by atoms with E-state index in [4.69, 9.17) is 0 Å². The van der Waals surface area contributed by atoms with Crippen LogP contribution in [0.1, 0.15) is 12.7 Å². The lowest BCUT2D eigenvalue weighted by atomic mass is 9.88. The van der Waals surface area contributed by atoms with Gasteiger partial charge in [0.25, 0.3) is 0 Å². The molecular formula is C16H22N4O. The molecule has 1 amide bonds. The minimum absolute atomic E-state index is 0.0749. The minimum Gasteiger partial charge on any atom is -0.338 e. The molecule has 1 aliphatic heterocycles. The lowest BCUT2D eigenvalue weighted by molar-refractivity contribution is -0.136. The molecule has 1 fully saturated rings. The molecule has 1 N–H and O–H groups in total. The van der Waals surface area contributed by atoms with Crippen LogP contribution >= 0.6 is 0 Å². The summed E-state index contributed by atoms with van der Waals surface area (Å²) in [6, 6.07) is 8.05. The number of hydrogen-bond acceptors (Lipinski definition) is 3. The average Bonchev–Trinajstić information content (AvgIpc) is 2.73. The number of carbonyl (C=O) groups excluding carboxylic acids is 1. The van der Waals surface area contributed by atoms with Crippen molar-refractivity contribution >= 4 is 16.9 Å². The van der Waals surface area contributed by atoms with Crippen molar-refractivity contribution in [2.24, 2.45) is 18.9 Å². The molecule has 2 aromatic rings. The van der Waals surface area contributed by atoms with Crippen molar-refractivity contribution in [3.05, 3.63) is 30.1 Å². The molecule has 0 saturated carbocycles. The number of benzene rings is 1. The maximum absolute atomic E-state index is 12.5. The Morgan fingerprint density at radius 2 is 2.19 bits per heavy atom. The molecule has 0 radical (unpaired) electrons. The number of nitrogens with one attached hydrogen (secondary N) is 1. The third-order valence-corrected chi connectivity index (χ3v) is 4.54. The fourth-order valence-corrected chi connectivity index (χ4v) is 2.84. The molecule has 21 heavy (non-hydrogen) atoms. The number of carbonyl (C=O) groups is 1. The van der Waals surface area contributed by atoms with E-state index in [1.165, 1.54) is 0 Å². The van der Waals surface area contributed by atoms with Gasteiger partial charge in [0, 0.05) is 20.0 Å². The van der Waals surface area contributed by atoms with Gasteiger partial charge in [0.05, 0.1) is 17.6 Å². The summed E-state index contributed by atoms with van der Waals surface area (Å²) in [5.41, 5.74) is 2.08. The Morgan fingerprint density at radius 1 is 1.48 bits per heavy atom. The number of amides is 1. The van der Waals surface area contributed by atoms with Crippen LogP contribution in [-0.2, 0) is 18.4 Å². The van der Waals surface area contributed by atoms with Gasteiger partial charge in [0.1, 0.15) is 5.82 Å². The summed E-state index contributed by atoms with van der Waals surface area (Å²) < 4.78 is 2.06. The van der Waals surface area contributed by atoms with E-state index in [0.29, 0.717) is 12.5 Å². The molecule has 0 bridgehead atoms. The maximum Gasteiger partial charge on any atom is 0.225 e. The fourth-order valence-electron chi connectivity index (χ4n) is 2.84. The second-order valence-corrected chi connectivity index (χ2v) is 5.98. The van der Waals surface area contributed by atoms with Crippen LogP contribution in [0, 0.1) is 11.8 Å². The number of fused-ring (bicyclic) bond motifs is 1. The molecule has 3 rings (SSSR count). The largest absolute Gasteiger partial charge is 0.338 e. The van der Waals surface area contributed by atoms with Gasteiger partial charge in [-0.15, -0.1) is 0 Å². The fraction of sp³-hybridized carbons (Fsp3) is 0.500. The van der Waals surface area contributed by atoms with Crippen LogP contribution in [0.2, 0.25) is 0 Å². The highest BCUT2D eigenvalue weighted by Gasteiger charge is 2.30. The minimum atomic E-state index is 0.0749. The van der Waals surface area contributed by atoms with Gasteiger partial charge in [-0.3, -0.25) is 4.79 Å². The highest BCUT2D eigenvalue weighted by Crippen LogP contribution is 2.20. The molecule has 5 nitrogen and oxygen atoms in total. The third kappa shape index (κ3) is 2.53. The van der Waals surface area contributed by atoms with Gasteiger partial charge in [-0.1, -0.05) is 19.1 Å². The van der Waals surface area contributed by atoms with E-state index < -0.39 is 0 Å². The third-order valence-electron chi connectivity index (χ3n) is 4.54. The lowest BCUT2D eigenvalue weighted by Crippen LogP contribution is -2.49. The summed E-state index contributed by atoms with van der Waals surface area (Å²) in [4.78, 5) is 18.9. The molecule has 1 atom stereocenters. The van der Waals surface area contributed by atoms with Gasteiger partial charge >= 0.3 is 0 Å². The zero-order valence-corrected chi connectivity index (χ0v) is 12.8. The van der Waals surface area contributed by atoms with Gasteiger partial charge in [-0.25, -0.2) is 4.98 Å². The molecule has 112 valence electrons. The first-order chi connectivity index (χ1) is 10.1. The van der Waals surface area contributed by atoms with E-state index >= 15 is 0 Å². The highest BCUT2D eigenvalue weighted by molar-refractivity contribution is 5.79. The topological polar surface area (TPSA) is 50.2 Å². The van der Waals surface area contributed by atoms with Crippen LogP contribution in [0.25, 0.3) is 11.0 Å². The zero-order valence-electron chi connectivity index (χ0n) is 12.8. The monoisotopic (exact) mass is 286 g/mol. The smallest absolute Gasteiger partial charge is 0.225 e. The van der Waals surface area contributed by atoms with Crippen LogP contribution in [0.15, 0.2) is 24.3 Å². The van der Waals surface area contributed by atoms with Crippen molar-refractivity contribution < 1.29 is 4.79 Å². The van der Waals surface area contributed by atoms with E-state index in [2.05, 4.69) is 20.9 Å². The van der Waals surface area contributed by atoms with E-state index in [-0.39, 0.29) is 11.8 Å². The maximum atomic E-state index is 12.5. The second kappa shape index (κ2) is 5.48. The molecule has 1 aliphatic rings. The number of imidazole rings is 1. The van der Waals surface area contributed by atoms with Gasteiger partial charge in [0.2, 0.25) is 5.91 Å². The summed E-state index contributed by atoms with van der Waals surface area (Å²) in [7, 11) is 3.87. The molecule has 0 spiro atoms. The predicted octanol–water partition coefficient (Wildman–Crippen LogP) is 1.39. The standard InChI is InChI=1S/C16H22N4O/c1-11(12-8-17-9-12)16(21)19(2)10-15-18-13-6-4-5-7-14(13)20(15)3/h4-7,11-12,17H,8-10H2,1-3H3. The van der Waals surface area contributed by atoms with Crippen LogP contribution in [0.5, 0.6) is 0 Å². The van der Waals surface area contributed by atoms with E-state index in [9.17, 15) is 4.79 Å². The second-order valence-electron chi connectivity index (χ2n) is 5.98. The summed E-state index contributed by atoms with van der Waals surface area (Å²) in [6.07, 6.45) is 0. The van der Waals surface area contributed by atoms with Crippen LogP contribution in [0.4, 0.5) is 0 Å². The Balaban J connectivity index is 1.74. The first-order valence-electron chi connectivity index (χ1n) is 7.44. The number of aryl methyl sites for hydroxylation is 1. The summed E-state index contributed by atoms with van der Waals surface area (Å²) in [5.74, 6) is 1.67. The van der Waals surface area contributed by atoms with E-state index in [1.54, 1.807) is 4.90 Å². The Kier molecular flexibility index (Phi) is 3.68. The van der Waals surface area contributed by atoms with Crippen molar-refractivity contribution in [2.75, 3.05) is 20.1 Å². The molecular weight excluding hydrogens is 264 g/mol. The van der Waals surface area contributed by atoms with Crippen molar-refractivity contribution in [3.8, 4) is 0 Å². The Hall–Kier alpha value is -1.88. The molecule has 2 heterocycles. The number of hydrogen-bond donors (Lipinski definition) is 1. The zero-order chi connectivity index (χ0) is 15.0. The highest BCUT2D eigenvalue weighted by atomic mass is 16.2. The summed E-state index contributed by atoms with van der Waals surface area (Å²) >= 11 is 0. The Morgan fingerprint density at radius 3 is 2.81 bits per heavy atom. The van der Waals surface area contributed by atoms with E-state index in [1.807, 2.05) is 39.2 Å². The molecule has 5 heteroatoms. The van der Waals surface area contributed by atoms with Crippen molar-refractivity contribution in [1.29, 1.82) is 0 Å². The molecule has 1 unspecified atom stereocenters. The molecule has 1 saturated heterocycles. The summed E-state index contributed by atoms with van der Waals surface area (Å²) in [5, 5.41) is 3.23. The summed E-state index contributed by atoms with van der Waals surface area (Å²) in [6.45, 7) is 4.48. The van der Waals surface area contributed by atoms with Crippen LogP contribution in [-0.4, -0.2) is 40.5 Å². The SMILES string of the molecule is CC(C(=O)N(C)Cc1nc2ccccc2n1C)C1CNC1. The average molecular weight is 286 g/mol. The van der Waals surface area contributed by atoms with Crippen molar-refractivity contribution in [2.45, 2.75) is 13.5 Å². The first-order valence-corrected chi connectivity index (χ1v) is 7.44. The van der Waals surface area contributed by atoms with Gasteiger partial charge in [-0.2, -0.15) is 0 Å². The van der Waals surface area contributed by atoms with Crippen molar-refractivity contribution in [1.82, 2.24) is 19.8 Å². The molecule has 1 aromatic carbocycles. The van der Waals surface area contributed by atoms with Gasteiger partial charge in [0.15, 0.2) is 0 Å². The normalized spacial score (nSPS) is 16.7. The van der Waals surface area contributed by atoms with Gasteiger partial charge in [-0.05, 0) is 31.1 Å². The Labute approximate surface area is 125 Å². The number of rotatable bonds is 4. The first kappa shape index (κ1) is 14.1. The Bertz CT molecular complexity index is 659. The van der Waals surface area contributed by atoms with Crippen molar-refractivity contribution in [3.63, 3.8) is 0 Å². The molecule has 0 aliphatic carbocycles. The predicted molar refractivity (Wildman–Crippen MR) is 82.7 cm³/mol. The van der Waals surface area contributed by atoms with Crippen LogP contribution < -0.4 is 5.32 Å². The number of para-hydroxylation sites is 2.